The molecule has 3 rings (SSSR count). The highest BCUT2D eigenvalue weighted by molar-refractivity contribution is 7.10. The number of nitrogens with zero attached hydrogens (tertiary/aromatic N) is 2. The van der Waals surface area contributed by atoms with E-state index in [0.717, 1.165) is 16.0 Å². The molecule has 0 radical (unpaired) electrons. The van der Waals surface area contributed by atoms with Gasteiger partial charge in [0, 0.05) is 31.7 Å². The number of urea groups is 1. The first-order valence-electron chi connectivity index (χ1n) is 11.5. The molecule has 186 valence electrons. The number of anilines is 1. The Morgan fingerprint density at radius 1 is 0.943 bits per heavy atom. The minimum absolute atomic E-state index is 0.0397. The molecule has 3 amide bonds. The van der Waals surface area contributed by atoms with E-state index in [-0.39, 0.29) is 18.5 Å². The Bertz CT molecular complexity index is 1090. The summed E-state index contributed by atoms with van der Waals surface area (Å²) < 4.78 is 10.5. The highest BCUT2D eigenvalue weighted by atomic mass is 32.1. The van der Waals surface area contributed by atoms with Crippen molar-refractivity contribution in [3.63, 3.8) is 0 Å². The first kappa shape index (κ1) is 26.2. The van der Waals surface area contributed by atoms with Crippen molar-refractivity contribution in [2.45, 2.75) is 26.4 Å². The molecule has 0 saturated carbocycles. The quantitative estimate of drug-likeness (QED) is 0.352. The van der Waals surface area contributed by atoms with Gasteiger partial charge in [0.15, 0.2) is 0 Å². The Kier molecular flexibility index (Phi) is 10.1. The number of rotatable bonds is 12. The first-order valence-corrected chi connectivity index (χ1v) is 12.4. The normalized spacial score (nSPS) is 10.6. The van der Waals surface area contributed by atoms with E-state index in [4.69, 9.17) is 9.47 Å². The summed E-state index contributed by atoms with van der Waals surface area (Å²) in [5, 5.41) is 4.92. The first-order chi connectivity index (χ1) is 17.0. The minimum atomic E-state index is -0.356. The van der Waals surface area contributed by atoms with Crippen LogP contribution in [0.2, 0.25) is 0 Å². The Labute approximate surface area is 211 Å². The topological polar surface area (TPSA) is 71.1 Å². The van der Waals surface area contributed by atoms with Gasteiger partial charge in [-0.05, 0) is 48.1 Å². The third kappa shape index (κ3) is 7.83. The number of methoxy groups -OCH3 is 2. The van der Waals surface area contributed by atoms with E-state index in [0.29, 0.717) is 44.1 Å². The number of carbonyl (C=O) groups excluding carboxylic acids is 2. The van der Waals surface area contributed by atoms with Gasteiger partial charge in [0.05, 0.1) is 19.3 Å². The van der Waals surface area contributed by atoms with Gasteiger partial charge < -0.3 is 24.6 Å². The summed E-state index contributed by atoms with van der Waals surface area (Å²) in [7, 11) is 3.17. The molecule has 7 nitrogen and oxygen atoms in total. The lowest BCUT2D eigenvalue weighted by atomic mass is 10.2. The Hall–Kier alpha value is -3.36. The number of nitrogens with one attached hydrogen (secondary N) is 1. The van der Waals surface area contributed by atoms with Crippen molar-refractivity contribution in [2.24, 2.45) is 0 Å². The summed E-state index contributed by atoms with van der Waals surface area (Å²) >= 11 is 1.64. The van der Waals surface area contributed by atoms with Crippen molar-refractivity contribution in [3.05, 3.63) is 82.0 Å². The van der Waals surface area contributed by atoms with Crippen LogP contribution in [0.1, 0.15) is 22.4 Å². The van der Waals surface area contributed by atoms with Gasteiger partial charge in [0.1, 0.15) is 12.3 Å². The molecule has 0 spiro atoms. The summed E-state index contributed by atoms with van der Waals surface area (Å²) in [5.41, 5.74) is 2.76. The lowest BCUT2D eigenvalue weighted by Gasteiger charge is -2.28. The second-order valence-electron chi connectivity index (χ2n) is 8.16. The molecule has 0 aliphatic carbocycles. The number of para-hydroxylation sites is 2. The summed E-state index contributed by atoms with van der Waals surface area (Å²) in [6.07, 6.45) is 0.617. The minimum Gasteiger partial charge on any atom is -0.495 e. The van der Waals surface area contributed by atoms with Gasteiger partial charge in [0.2, 0.25) is 5.91 Å². The van der Waals surface area contributed by atoms with E-state index in [1.807, 2.05) is 52.7 Å². The molecule has 1 aromatic heterocycles. The maximum absolute atomic E-state index is 13.6. The van der Waals surface area contributed by atoms with Crippen LogP contribution in [0.3, 0.4) is 0 Å². The van der Waals surface area contributed by atoms with E-state index < -0.39 is 0 Å². The highest BCUT2D eigenvalue weighted by Crippen LogP contribution is 2.24. The van der Waals surface area contributed by atoms with Crippen LogP contribution in [0.4, 0.5) is 10.5 Å². The molecule has 35 heavy (non-hydrogen) atoms. The molecule has 3 aromatic rings. The predicted octanol–water partition coefficient (Wildman–Crippen LogP) is 5.16. The number of thiophene rings is 1. The van der Waals surface area contributed by atoms with Crippen LogP contribution in [0.15, 0.2) is 66.0 Å². The third-order valence-corrected chi connectivity index (χ3v) is 6.62. The number of benzene rings is 2. The zero-order valence-corrected chi connectivity index (χ0v) is 21.3. The van der Waals surface area contributed by atoms with E-state index in [1.165, 1.54) is 4.90 Å². The van der Waals surface area contributed by atoms with Crippen molar-refractivity contribution in [3.8, 4) is 5.75 Å². The zero-order chi connectivity index (χ0) is 25.0. The van der Waals surface area contributed by atoms with Crippen molar-refractivity contribution in [1.82, 2.24) is 9.80 Å². The second kappa shape index (κ2) is 13.5. The molecule has 8 heteroatoms. The number of hydrogen-bond donors (Lipinski definition) is 1. The molecule has 2 aromatic carbocycles. The van der Waals surface area contributed by atoms with Crippen LogP contribution < -0.4 is 10.1 Å². The van der Waals surface area contributed by atoms with Gasteiger partial charge in [-0.15, -0.1) is 11.3 Å². The monoisotopic (exact) mass is 495 g/mol. The molecule has 0 bridgehead atoms. The third-order valence-electron chi connectivity index (χ3n) is 5.61. The van der Waals surface area contributed by atoms with Gasteiger partial charge in [-0.1, -0.05) is 42.5 Å². The summed E-state index contributed by atoms with van der Waals surface area (Å²) in [6.45, 7) is 3.86. The average molecular weight is 496 g/mol. The van der Waals surface area contributed by atoms with E-state index in [2.05, 4.69) is 18.3 Å². The lowest BCUT2D eigenvalue weighted by Crippen LogP contribution is -2.44. The molecule has 1 heterocycles. The number of carbonyl (C=O) groups is 2. The van der Waals surface area contributed by atoms with Crippen LogP contribution in [-0.4, -0.2) is 55.7 Å². The number of aryl methyl sites for hydroxylation is 1. The number of amides is 3. The Morgan fingerprint density at radius 3 is 2.37 bits per heavy atom. The zero-order valence-electron chi connectivity index (χ0n) is 20.5. The van der Waals surface area contributed by atoms with Crippen LogP contribution in [0.25, 0.3) is 0 Å². The predicted molar refractivity (Wildman–Crippen MR) is 140 cm³/mol. The molecule has 1 N–H and O–H groups in total. The second-order valence-corrected chi connectivity index (χ2v) is 9.16. The molecule has 0 aliphatic rings. The van der Waals surface area contributed by atoms with Crippen LogP contribution in [0.5, 0.6) is 5.75 Å². The molecular weight excluding hydrogens is 462 g/mol. The largest absolute Gasteiger partial charge is 0.495 e. The SMILES string of the molecule is COCCCN(CC(=O)N(Cc1ccccc1)Cc1sccc1C)C(=O)Nc1ccccc1OC. The molecule has 0 saturated heterocycles. The van der Waals surface area contributed by atoms with Crippen molar-refractivity contribution < 1.29 is 19.1 Å². The fourth-order valence-electron chi connectivity index (χ4n) is 3.63. The Balaban J connectivity index is 1.78. The lowest BCUT2D eigenvalue weighted by molar-refractivity contribution is -0.133. The fraction of sp³-hybridized carbons (Fsp3) is 0.333. The van der Waals surface area contributed by atoms with Gasteiger partial charge in [-0.3, -0.25) is 4.79 Å². The van der Waals surface area contributed by atoms with Crippen LogP contribution >= 0.6 is 11.3 Å². The molecular formula is C27H33N3O4S. The fourth-order valence-corrected chi connectivity index (χ4v) is 4.55. The molecule has 0 fully saturated rings. The summed E-state index contributed by atoms with van der Waals surface area (Å²) in [6, 6.07) is 18.8. The summed E-state index contributed by atoms with van der Waals surface area (Å²) in [4.78, 5) is 31.3. The van der Waals surface area contributed by atoms with Crippen molar-refractivity contribution >= 4 is 29.0 Å². The van der Waals surface area contributed by atoms with Crippen molar-refractivity contribution in [1.29, 1.82) is 0 Å². The smallest absolute Gasteiger partial charge is 0.322 e. The number of ether oxygens (including phenoxy) is 2. The number of hydrogen-bond acceptors (Lipinski definition) is 5. The average Bonchev–Trinajstić information content (AvgIpc) is 3.28. The van der Waals surface area contributed by atoms with Gasteiger partial charge >= 0.3 is 6.03 Å². The maximum atomic E-state index is 13.6. The highest BCUT2D eigenvalue weighted by Gasteiger charge is 2.23. The summed E-state index contributed by atoms with van der Waals surface area (Å²) in [5.74, 6) is 0.442. The van der Waals surface area contributed by atoms with Crippen LogP contribution in [-0.2, 0) is 22.6 Å². The molecule has 0 atom stereocenters. The Morgan fingerprint density at radius 2 is 1.69 bits per heavy atom. The molecule has 0 unspecified atom stereocenters. The van der Waals surface area contributed by atoms with Gasteiger partial charge in [0.25, 0.3) is 0 Å². The van der Waals surface area contributed by atoms with E-state index >= 15 is 0 Å². The standard InChI is InChI=1S/C27H33N3O4S/c1-21-14-17-35-25(21)19-30(18-22-10-5-4-6-11-22)26(31)20-29(15-9-16-33-2)27(32)28-23-12-7-8-13-24(23)34-3/h4-8,10-14,17H,9,15-16,18-20H2,1-3H3,(H,28,32). The van der Waals surface area contributed by atoms with Gasteiger partial charge in [-0.2, -0.15) is 0 Å². The van der Waals surface area contributed by atoms with Crippen LogP contribution in [0, 0.1) is 6.92 Å². The van der Waals surface area contributed by atoms with Crippen molar-refractivity contribution in [2.75, 3.05) is 39.2 Å². The van der Waals surface area contributed by atoms with Gasteiger partial charge in [-0.25, -0.2) is 4.79 Å². The van der Waals surface area contributed by atoms with E-state index in [9.17, 15) is 9.59 Å². The van der Waals surface area contributed by atoms with E-state index in [1.54, 1.807) is 37.7 Å². The molecule has 0 aliphatic heterocycles. The maximum Gasteiger partial charge on any atom is 0.322 e.